The van der Waals surface area contributed by atoms with Gasteiger partial charge in [0.25, 0.3) is 0 Å². The Morgan fingerprint density at radius 3 is 2.71 bits per heavy atom. The van der Waals surface area contributed by atoms with Crippen LogP contribution in [0.2, 0.25) is 0 Å². The van der Waals surface area contributed by atoms with Gasteiger partial charge in [-0.1, -0.05) is 0 Å². The number of anilines is 2. The van der Waals surface area contributed by atoms with Gasteiger partial charge in [0, 0.05) is 17.3 Å². The maximum atomic E-state index is 6.05. The van der Waals surface area contributed by atoms with Crippen molar-refractivity contribution in [3.05, 3.63) is 26.5 Å². The minimum absolute atomic E-state index is 0.549. The maximum absolute atomic E-state index is 6.05. The Labute approximate surface area is 135 Å². The number of rotatable bonds is 4. The van der Waals surface area contributed by atoms with Crippen molar-refractivity contribution in [3.63, 3.8) is 0 Å². The zero-order valence-electron chi connectivity index (χ0n) is 12.0. The molecular formula is C13H15N5S3. The number of thiazole rings is 2. The molecule has 2 N–H and O–H groups in total. The molecule has 0 atom stereocenters. The average molecular weight is 337 g/mol. The van der Waals surface area contributed by atoms with Crippen LogP contribution in [0.25, 0.3) is 11.3 Å². The van der Waals surface area contributed by atoms with Gasteiger partial charge in [-0.15, -0.1) is 22.7 Å². The largest absolute Gasteiger partial charge is 0.382 e. The second-order valence-electron chi connectivity index (χ2n) is 4.72. The van der Waals surface area contributed by atoms with E-state index in [1.165, 1.54) is 16.4 Å². The van der Waals surface area contributed by atoms with E-state index in [9.17, 15) is 0 Å². The van der Waals surface area contributed by atoms with Gasteiger partial charge in [0.05, 0.1) is 34.0 Å². The zero-order valence-corrected chi connectivity index (χ0v) is 14.4. The molecule has 0 spiro atoms. The van der Waals surface area contributed by atoms with E-state index in [-0.39, 0.29) is 0 Å². The number of hydrogen-bond acceptors (Lipinski definition) is 8. The van der Waals surface area contributed by atoms with Crippen LogP contribution in [-0.2, 0) is 6.54 Å². The van der Waals surface area contributed by atoms with E-state index >= 15 is 0 Å². The first-order valence-corrected chi connectivity index (χ1v) is 8.87. The lowest BCUT2D eigenvalue weighted by molar-refractivity contribution is 0.938. The second kappa shape index (κ2) is 5.70. The molecule has 0 aliphatic carbocycles. The van der Waals surface area contributed by atoms with Gasteiger partial charge in [-0.2, -0.15) is 4.37 Å². The summed E-state index contributed by atoms with van der Waals surface area (Å²) in [7, 11) is 2.05. The summed E-state index contributed by atoms with van der Waals surface area (Å²) in [5, 5.41) is 4.11. The van der Waals surface area contributed by atoms with Gasteiger partial charge in [-0.3, -0.25) is 0 Å². The van der Waals surface area contributed by atoms with Crippen molar-refractivity contribution >= 4 is 45.0 Å². The minimum Gasteiger partial charge on any atom is -0.382 e. The van der Waals surface area contributed by atoms with Crippen LogP contribution >= 0.6 is 34.2 Å². The third-order valence-electron chi connectivity index (χ3n) is 3.15. The fraction of sp³-hybridized carbons (Fsp3) is 0.308. The number of aromatic nitrogens is 3. The van der Waals surface area contributed by atoms with Crippen molar-refractivity contribution in [1.82, 2.24) is 14.3 Å². The van der Waals surface area contributed by atoms with E-state index in [1.54, 1.807) is 22.7 Å². The van der Waals surface area contributed by atoms with E-state index in [0.29, 0.717) is 5.82 Å². The Kier molecular flexibility index (Phi) is 3.92. The van der Waals surface area contributed by atoms with Crippen molar-refractivity contribution in [2.75, 3.05) is 17.7 Å². The van der Waals surface area contributed by atoms with Gasteiger partial charge in [0.1, 0.15) is 10.8 Å². The normalized spacial score (nSPS) is 11.0. The molecule has 3 aromatic heterocycles. The summed E-state index contributed by atoms with van der Waals surface area (Å²) in [5.41, 5.74) is 10.9. The minimum atomic E-state index is 0.549. The monoisotopic (exact) mass is 337 g/mol. The molecule has 0 bridgehead atoms. The predicted octanol–water partition coefficient (Wildman–Crippen LogP) is 3.56. The maximum Gasteiger partial charge on any atom is 0.148 e. The molecule has 3 rings (SSSR count). The Morgan fingerprint density at radius 1 is 1.29 bits per heavy atom. The standard InChI is InChI=1S/C13H15N5S3/c1-7-10(20-6-15-7)4-18(3)13-11(12(14)17-21-13)9-5-19-8(2)16-9/h5-6H,4H2,1-3H3,(H2,14,17). The third-order valence-corrected chi connectivity index (χ3v) is 5.82. The number of aryl methyl sites for hydroxylation is 2. The quantitative estimate of drug-likeness (QED) is 0.788. The highest BCUT2D eigenvalue weighted by atomic mass is 32.1. The van der Waals surface area contributed by atoms with Gasteiger partial charge < -0.3 is 10.6 Å². The smallest absolute Gasteiger partial charge is 0.148 e. The molecule has 21 heavy (non-hydrogen) atoms. The molecule has 0 aromatic carbocycles. The molecule has 5 nitrogen and oxygen atoms in total. The molecule has 0 unspecified atom stereocenters. The van der Waals surface area contributed by atoms with Crippen LogP contribution < -0.4 is 10.6 Å². The van der Waals surface area contributed by atoms with Crippen molar-refractivity contribution in [3.8, 4) is 11.3 Å². The summed E-state index contributed by atoms with van der Waals surface area (Å²) >= 11 is 4.71. The molecule has 0 saturated carbocycles. The van der Waals surface area contributed by atoms with Crippen LogP contribution in [0.4, 0.5) is 10.8 Å². The average Bonchev–Trinajstić information content (AvgIpc) is 3.12. The van der Waals surface area contributed by atoms with E-state index in [4.69, 9.17) is 5.73 Å². The third kappa shape index (κ3) is 2.78. The zero-order chi connectivity index (χ0) is 15.0. The van der Waals surface area contributed by atoms with E-state index in [2.05, 4.69) is 26.3 Å². The number of nitrogen functional groups attached to an aromatic ring is 1. The lowest BCUT2D eigenvalue weighted by Crippen LogP contribution is -2.15. The Balaban J connectivity index is 1.94. The van der Waals surface area contributed by atoms with Gasteiger partial charge in [-0.05, 0) is 25.4 Å². The predicted molar refractivity (Wildman–Crippen MR) is 91.3 cm³/mol. The van der Waals surface area contributed by atoms with Gasteiger partial charge >= 0.3 is 0 Å². The van der Waals surface area contributed by atoms with Gasteiger partial charge in [0.15, 0.2) is 0 Å². The lowest BCUT2D eigenvalue weighted by Gasteiger charge is -2.17. The second-order valence-corrected chi connectivity index (χ2v) is 7.47. The van der Waals surface area contributed by atoms with Crippen LogP contribution in [0.5, 0.6) is 0 Å². The molecule has 3 aromatic rings. The van der Waals surface area contributed by atoms with Gasteiger partial charge in [0.2, 0.25) is 0 Å². The molecule has 3 heterocycles. The topological polar surface area (TPSA) is 67.9 Å². The summed E-state index contributed by atoms with van der Waals surface area (Å²) in [4.78, 5) is 12.3. The van der Waals surface area contributed by atoms with Gasteiger partial charge in [-0.25, -0.2) is 9.97 Å². The summed E-state index contributed by atoms with van der Waals surface area (Å²) in [6, 6.07) is 0. The number of nitrogens with zero attached hydrogens (tertiary/aromatic N) is 4. The van der Waals surface area contributed by atoms with E-state index in [0.717, 1.165) is 33.5 Å². The first-order chi connectivity index (χ1) is 10.1. The summed E-state index contributed by atoms with van der Waals surface area (Å²) < 4.78 is 4.31. The Hall–Kier alpha value is -1.51. The van der Waals surface area contributed by atoms with Crippen molar-refractivity contribution in [2.24, 2.45) is 0 Å². The SMILES string of the molecule is Cc1nc(-c2c(N)nsc2N(C)Cc2scnc2C)cs1. The highest BCUT2D eigenvalue weighted by Gasteiger charge is 2.20. The lowest BCUT2D eigenvalue weighted by atomic mass is 10.2. The molecule has 0 saturated heterocycles. The molecule has 0 radical (unpaired) electrons. The fourth-order valence-electron chi connectivity index (χ4n) is 2.04. The molecule has 0 aliphatic rings. The first kappa shape index (κ1) is 14.4. The highest BCUT2D eigenvalue weighted by Crippen LogP contribution is 2.39. The molecule has 0 aliphatic heterocycles. The number of hydrogen-bond donors (Lipinski definition) is 1. The van der Waals surface area contributed by atoms with Crippen molar-refractivity contribution in [2.45, 2.75) is 20.4 Å². The summed E-state index contributed by atoms with van der Waals surface area (Å²) in [6.45, 7) is 4.83. The first-order valence-electron chi connectivity index (χ1n) is 6.34. The van der Waals surface area contributed by atoms with Crippen LogP contribution in [-0.4, -0.2) is 21.4 Å². The highest BCUT2D eigenvalue weighted by molar-refractivity contribution is 7.12. The van der Waals surface area contributed by atoms with Crippen LogP contribution in [0.15, 0.2) is 10.9 Å². The van der Waals surface area contributed by atoms with Crippen LogP contribution in [0.3, 0.4) is 0 Å². The van der Waals surface area contributed by atoms with E-state index < -0.39 is 0 Å². The molecule has 0 amide bonds. The Morgan fingerprint density at radius 2 is 2.10 bits per heavy atom. The van der Waals surface area contributed by atoms with E-state index in [1.807, 2.05) is 24.7 Å². The molecule has 0 fully saturated rings. The Bertz CT molecular complexity index is 758. The van der Waals surface area contributed by atoms with Crippen molar-refractivity contribution in [1.29, 1.82) is 0 Å². The summed E-state index contributed by atoms with van der Waals surface area (Å²) in [5.74, 6) is 0.549. The molecular weight excluding hydrogens is 322 g/mol. The van der Waals surface area contributed by atoms with Crippen LogP contribution in [0.1, 0.15) is 15.6 Å². The number of nitrogens with two attached hydrogens (primary N) is 1. The summed E-state index contributed by atoms with van der Waals surface area (Å²) in [6.07, 6.45) is 0. The fourth-order valence-corrected chi connectivity index (χ4v) is 4.25. The molecule has 8 heteroatoms. The van der Waals surface area contributed by atoms with Crippen LogP contribution in [0, 0.1) is 13.8 Å². The van der Waals surface area contributed by atoms with Crippen molar-refractivity contribution < 1.29 is 0 Å². The molecule has 110 valence electrons.